The van der Waals surface area contributed by atoms with Crippen LogP contribution < -0.4 is 5.32 Å². The molecule has 2 N–H and O–H groups in total. The number of carbonyl (C=O) groups is 1. The van der Waals surface area contributed by atoms with Gasteiger partial charge in [0.1, 0.15) is 0 Å². The predicted octanol–water partition coefficient (Wildman–Crippen LogP) is 7.15. The van der Waals surface area contributed by atoms with Crippen molar-refractivity contribution < 1.29 is 4.79 Å². The number of fused-ring (bicyclic) bond motifs is 1. The van der Waals surface area contributed by atoms with Crippen LogP contribution in [0.1, 0.15) is 18.4 Å². The number of benzene rings is 2. The van der Waals surface area contributed by atoms with E-state index < -0.39 is 0 Å². The molecule has 30 heavy (non-hydrogen) atoms. The van der Waals surface area contributed by atoms with Crippen molar-refractivity contribution in [2.45, 2.75) is 19.3 Å². The molecule has 152 valence electrons. The third kappa shape index (κ3) is 4.78. The summed E-state index contributed by atoms with van der Waals surface area (Å²) in [4.78, 5) is 20.3. The molecule has 1 amide bonds. The summed E-state index contributed by atoms with van der Waals surface area (Å²) in [6.45, 7) is 0. The first-order valence-electron chi connectivity index (χ1n) is 9.47. The number of hydrogen-bond donors (Lipinski definition) is 2. The first-order valence-corrected chi connectivity index (χ1v) is 10.6. The van der Waals surface area contributed by atoms with Crippen molar-refractivity contribution in [1.82, 2.24) is 9.97 Å². The number of nitrogens with one attached hydrogen (secondary N) is 2. The van der Waals surface area contributed by atoms with Gasteiger partial charge in [-0.3, -0.25) is 9.78 Å². The van der Waals surface area contributed by atoms with Gasteiger partial charge in [0.05, 0.1) is 11.4 Å². The first-order chi connectivity index (χ1) is 14.5. The van der Waals surface area contributed by atoms with Gasteiger partial charge in [-0.25, -0.2) is 0 Å². The van der Waals surface area contributed by atoms with Crippen LogP contribution in [0, 0.1) is 0 Å². The van der Waals surface area contributed by atoms with Crippen LogP contribution in [-0.2, 0) is 11.2 Å². The number of nitrogens with zero attached hydrogens (tertiary/aromatic N) is 1. The summed E-state index contributed by atoms with van der Waals surface area (Å²) in [6.07, 6.45) is 3.50. The number of hydrogen-bond acceptors (Lipinski definition) is 2. The van der Waals surface area contributed by atoms with E-state index >= 15 is 0 Å². The van der Waals surface area contributed by atoms with E-state index in [0.29, 0.717) is 40.0 Å². The Morgan fingerprint density at radius 2 is 1.77 bits per heavy atom. The highest BCUT2D eigenvalue weighted by atomic mass is 35.5. The molecule has 4 rings (SSSR count). The van der Waals surface area contributed by atoms with Crippen molar-refractivity contribution in [2.75, 3.05) is 5.32 Å². The third-order valence-electron chi connectivity index (χ3n) is 4.77. The van der Waals surface area contributed by atoms with Gasteiger partial charge < -0.3 is 10.3 Å². The molecule has 0 unspecified atom stereocenters. The van der Waals surface area contributed by atoms with Crippen LogP contribution in [0.5, 0.6) is 0 Å². The van der Waals surface area contributed by atoms with Gasteiger partial charge in [0.25, 0.3) is 0 Å². The molecule has 4 nitrogen and oxygen atoms in total. The first kappa shape index (κ1) is 20.7. The fraction of sp³-hybridized carbons (Fsp3) is 0.130. The summed E-state index contributed by atoms with van der Waals surface area (Å²) in [5, 5.41) is 5.53. The molecular formula is C23H18Cl3N3O. The standard InChI is InChI=1S/C23H18Cl3N3O/c24-14-7-8-20-19(13-14)18(23(29-20)21-5-1-2-9-27-21)4-3-6-22(30)28-17-11-15(25)10-16(26)12-17/h1-2,5,7-13,29H,3-4,6H2,(H,28,30). The third-order valence-corrected chi connectivity index (χ3v) is 5.44. The van der Waals surface area contributed by atoms with E-state index in [9.17, 15) is 4.79 Å². The van der Waals surface area contributed by atoms with Gasteiger partial charge in [-0.1, -0.05) is 40.9 Å². The average Bonchev–Trinajstić information content (AvgIpc) is 3.06. The molecule has 0 radical (unpaired) electrons. The molecule has 0 aliphatic rings. The number of aromatic nitrogens is 2. The number of rotatable bonds is 6. The van der Waals surface area contributed by atoms with Crippen molar-refractivity contribution >= 4 is 57.3 Å². The van der Waals surface area contributed by atoms with Crippen LogP contribution in [0.3, 0.4) is 0 Å². The number of aromatic amines is 1. The highest BCUT2D eigenvalue weighted by Gasteiger charge is 2.15. The highest BCUT2D eigenvalue weighted by molar-refractivity contribution is 6.35. The number of aryl methyl sites for hydroxylation is 1. The smallest absolute Gasteiger partial charge is 0.224 e. The summed E-state index contributed by atoms with van der Waals surface area (Å²) < 4.78 is 0. The summed E-state index contributed by atoms with van der Waals surface area (Å²) in [5.41, 5.74) is 4.50. The number of H-pyrrole nitrogens is 1. The van der Waals surface area contributed by atoms with Crippen molar-refractivity contribution in [3.63, 3.8) is 0 Å². The number of anilines is 1. The largest absolute Gasteiger partial charge is 0.353 e. The molecule has 0 saturated carbocycles. The second-order valence-electron chi connectivity index (χ2n) is 6.94. The molecule has 2 heterocycles. The maximum Gasteiger partial charge on any atom is 0.224 e. The van der Waals surface area contributed by atoms with E-state index in [1.54, 1.807) is 24.4 Å². The SMILES string of the molecule is O=C(CCCc1c(-c2ccccn2)[nH]c2ccc(Cl)cc12)Nc1cc(Cl)cc(Cl)c1. The van der Waals surface area contributed by atoms with Gasteiger partial charge in [0.15, 0.2) is 0 Å². The Labute approximate surface area is 189 Å². The number of pyridine rings is 1. The topological polar surface area (TPSA) is 57.8 Å². The molecule has 7 heteroatoms. The highest BCUT2D eigenvalue weighted by Crippen LogP contribution is 2.32. The molecule has 0 aliphatic heterocycles. The molecule has 2 aromatic carbocycles. The summed E-state index contributed by atoms with van der Waals surface area (Å²) in [7, 11) is 0. The molecular weight excluding hydrogens is 441 g/mol. The Bertz CT molecular complexity index is 1190. The van der Waals surface area contributed by atoms with Gasteiger partial charge in [-0.05, 0) is 66.9 Å². The second kappa shape index (κ2) is 9.09. The molecule has 0 saturated heterocycles. The Kier molecular flexibility index (Phi) is 6.28. The van der Waals surface area contributed by atoms with Crippen LogP contribution in [-0.4, -0.2) is 15.9 Å². The van der Waals surface area contributed by atoms with Crippen molar-refractivity contribution in [1.29, 1.82) is 0 Å². The zero-order valence-electron chi connectivity index (χ0n) is 15.9. The molecule has 0 atom stereocenters. The lowest BCUT2D eigenvalue weighted by Gasteiger charge is -2.08. The minimum absolute atomic E-state index is 0.0920. The van der Waals surface area contributed by atoms with Gasteiger partial charge in [0, 0.05) is 44.3 Å². The zero-order valence-corrected chi connectivity index (χ0v) is 18.2. The van der Waals surface area contributed by atoms with Gasteiger partial charge in [-0.15, -0.1) is 0 Å². The number of carbonyl (C=O) groups excluding carboxylic acids is 1. The minimum Gasteiger partial charge on any atom is -0.353 e. The second-order valence-corrected chi connectivity index (χ2v) is 8.25. The van der Waals surface area contributed by atoms with E-state index in [-0.39, 0.29) is 5.91 Å². The maximum atomic E-state index is 12.4. The Hall–Kier alpha value is -2.53. The van der Waals surface area contributed by atoms with E-state index in [2.05, 4.69) is 15.3 Å². The predicted molar refractivity (Wildman–Crippen MR) is 125 cm³/mol. The van der Waals surface area contributed by atoms with Gasteiger partial charge in [0.2, 0.25) is 5.91 Å². The summed E-state index contributed by atoms with van der Waals surface area (Å²) in [6, 6.07) is 16.5. The Balaban J connectivity index is 1.52. The molecule has 0 bridgehead atoms. The fourth-order valence-corrected chi connectivity index (χ4v) is 4.18. The van der Waals surface area contributed by atoms with Crippen molar-refractivity contribution in [3.05, 3.63) is 81.4 Å². The van der Waals surface area contributed by atoms with E-state index in [1.807, 2.05) is 36.4 Å². The molecule has 0 fully saturated rings. The maximum absolute atomic E-state index is 12.4. The number of amides is 1. The minimum atomic E-state index is -0.0920. The van der Waals surface area contributed by atoms with E-state index in [0.717, 1.165) is 27.9 Å². The fourth-order valence-electron chi connectivity index (χ4n) is 3.48. The number of halogens is 3. The summed E-state index contributed by atoms with van der Waals surface area (Å²) in [5.74, 6) is -0.0920. The van der Waals surface area contributed by atoms with Crippen LogP contribution in [0.15, 0.2) is 60.8 Å². The molecule has 0 spiro atoms. The monoisotopic (exact) mass is 457 g/mol. The summed E-state index contributed by atoms with van der Waals surface area (Å²) >= 11 is 18.2. The lowest BCUT2D eigenvalue weighted by molar-refractivity contribution is -0.116. The van der Waals surface area contributed by atoms with Crippen LogP contribution in [0.25, 0.3) is 22.3 Å². The Morgan fingerprint density at radius 3 is 2.50 bits per heavy atom. The van der Waals surface area contributed by atoms with Crippen molar-refractivity contribution in [2.24, 2.45) is 0 Å². The molecule has 0 aliphatic carbocycles. The normalized spacial score (nSPS) is 11.0. The van der Waals surface area contributed by atoms with Gasteiger partial charge >= 0.3 is 0 Å². The van der Waals surface area contributed by atoms with Gasteiger partial charge in [-0.2, -0.15) is 0 Å². The molecule has 4 aromatic rings. The van der Waals surface area contributed by atoms with E-state index in [1.165, 1.54) is 0 Å². The van der Waals surface area contributed by atoms with Crippen LogP contribution in [0.2, 0.25) is 15.1 Å². The quantitative estimate of drug-likeness (QED) is 0.322. The lowest BCUT2D eigenvalue weighted by atomic mass is 10.0. The van der Waals surface area contributed by atoms with Crippen LogP contribution >= 0.6 is 34.8 Å². The van der Waals surface area contributed by atoms with Crippen LogP contribution in [0.4, 0.5) is 5.69 Å². The molecule has 2 aromatic heterocycles. The lowest BCUT2D eigenvalue weighted by Crippen LogP contribution is -2.11. The Morgan fingerprint density at radius 1 is 0.967 bits per heavy atom. The van der Waals surface area contributed by atoms with E-state index in [4.69, 9.17) is 34.8 Å². The average molecular weight is 459 g/mol. The zero-order chi connectivity index (χ0) is 21.1. The van der Waals surface area contributed by atoms with Crippen molar-refractivity contribution in [3.8, 4) is 11.4 Å².